The van der Waals surface area contributed by atoms with Crippen molar-refractivity contribution in [3.63, 3.8) is 0 Å². The number of halogens is 1. The molecular formula is C21H25BrN2O3. The zero-order chi connectivity index (χ0) is 19.5. The lowest BCUT2D eigenvalue weighted by Crippen LogP contribution is -2.24. The number of nitrogens with one attached hydrogen (secondary N) is 1. The van der Waals surface area contributed by atoms with Crippen LogP contribution in [0.2, 0.25) is 0 Å². The molecule has 0 saturated carbocycles. The largest absolute Gasteiger partial charge is 0.494 e. The van der Waals surface area contributed by atoms with Gasteiger partial charge in [-0.05, 0) is 66.4 Å². The van der Waals surface area contributed by atoms with Crippen molar-refractivity contribution in [2.75, 3.05) is 13.2 Å². The van der Waals surface area contributed by atoms with Crippen LogP contribution in [-0.4, -0.2) is 25.3 Å². The SMILES string of the molecule is CCCCOc1ccc(/C=N/NC(=O)COc2ccc(Br)cc2CC)cc1. The third-order valence-electron chi connectivity index (χ3n) is 3.81. The van der Waals surface area contributed by atoms with Gasteiger partial charge in [0.1, 0.15) is 11.5 Å². The van der Waals surface area contributed by atoms with Crippen LogP contribution in [0.3, 0.4) is 0 Å². The number of unbranched alkanes of at least 4 members (excludes halogenated alkanes) is 1. The fourth-order valence-corrected chi connectivity index (χ4v) is 2.71. The Hall–Kier alpha value is -2.34. The quantitative estimate of drug-likeness (QED) is 0.335. The van der Waals surface area contributed by atoms with E-state index in [0.717, 1.165) is 47.2 Å². The Balaban J connectivity index is 1.78. The summed E-state index contributed by atoms with van der Waals surface area (Å²) in [6.07, 6.45) is 4.56. The van der Waals surface area contributed by atoms with Crippen LogP contribution < -0.4 is 14.9 Å². The zero-order valence-electron chi connectivity index (χ0n) is 15.7. The van der Waals surface area contributed by atoms with E-state index in [1.807, 2.05) is 49.4 Å². The fourth-order valence-electron chi connectivity index (χ4n) is 2.30. The number of amides is 1. The van der Waals surface area contributed by atoms with E-state index in [-0.39, 0.29) is 12.5 Å². The fraction of sp³-hybridized carbons (Fsp3) is 0.333. The van der Waals surface area contributed by atoms with E-state index in [2.05, 4.69) is 33.4 Å². The first kappa shape index (κ1) is 21.0. The van der Waals surface area contributed by atoms with Crippen molar-refractivity contribution in [1.82, 2.24) is 5.43 Å². The van der Waals surface area contributed by atoms with Crippen LogP contribution >= 0.6 is 15.9 Å². The van der Waals surface area contributed by atoms with Crippen LogP contribution in [0.15, 0.2) is 52.0 Å². The first-order valence-corrected chi connectivity index (χ1v) is 9.87. The minimum absolute atomic E-state index is 0.0871. The molecule has 0 atom stereocenters. The summed E-state index contributed by atoms with van der Waals surface area (Å²) < 4.78 is 12.2. The van der Waals surface area contributed by atoms with Gasteiger partial charge < -0.3 is 9.47 Å². The highest BCUT2D eigenvalue weighted by molar-refractivity contribution is 9.10. The number of hydrogen-bond donors (Lipinski definition) is 1. The minimum atomic E-state index is -0.309. The molecule has 0 aliphatic heterocycles. The van der Waals surface area contributed by atoms with E-state index < -0.39 is 0 Å². The van der Waals surface area contributed by atoms with Gasteiger partial charge in [0.05, 0.1) is 12.8 Å². The summed E-state index contributed by atoms with van der Waals surface area (Å²) in [7, 11) is 0. The molecule has 1 N–H and O–H groups in total. The molecule has 2 aromatic carbocycles. The minimum Gasteiger partial charge on any atom is -0.494 e. The standard InChI is InChI=1S/C21H25BrN2O3/c1-3-5-12-26-19-9-6-16(7-10-19)14-23-24-21(25)15-27-20-11-8-18(22)13-17(20)4-2/h6-11,13-14H,3-5,12,15H2,1-2H3,(H,24,25)/b23-14+. The molecule has 6 heteroatoms. The summed E-state index contributed by atoms with van der Waals surface area (Å²) in [6, 6.07) is 13.3. The topological polar surface area (TPSA) is 59.9 Å². The van der Waals surface area contributed by atoms with Crippen molar-refractivity contribution in [2.45, 2.75) is 33.1 Å². The molecule has 0 aliphatic rings. The summed E-state index contributed by atoms with van der Waals surface area (Å²) in [5, 5.41) is 3.96. The van der Waals surface area contributed by atoms with Gasteiger partial charge >= 0.3 is 0 Å². The molecule has 0 spiro atoms. The Morgan fingerprint density at radius 1 is 1.15 bits per heavy atom. The molecule has 0 fully saturated rings. The molecule has 0 aliphatic carbocycles. The Morgan fingerprint density at radius 3 is 2.63 bits per heavy atom. The molecule has 0 bridgehead atoms. The number of carbonyl (C=O) groups is 1. The van der Waals surface area contributed by atoms with E-state index in [1.165, 1.54) is 0 Å². The van der Waals surface area contributed by atoms with Gasteiger partial charge in [-0.3, -0.25) is 4.79 Å². The van der Waals surface area contributed by atoms with Gasteiger partial charge in [0, 0.05) is 4.47 Å². The van der Waals surface area contributed by atoms with E-state index in [4.69, 9.17) is 9.47 Å². The van der Waals surface area contributed by atoms with Gasteiger partial charge in [0.15, 0.2) is 6.61 Å². The average Bonchev–Trinajstić information content (AvgIpc) is 2.68. The molecule has 0 heterocycles. The first-order chi connectivity index (χ1) is 13.1. The molecule has 0 unspecified atom stereocenters. The number of benzene rings is 2. The second kappa shape index (κ2) is 11.4. The molecular weight excluding hydrogens is 408 g/mol. The second-order valence-electron chi connectivity index (χ2n) is 5.96. The van der Waals surface area contributed by atoms with Crippen LogP contribution in [0, 0.1) is 0 Å². The number of hydrazone groups is 1. The normalized spacial score (nSPS) is 10.8. The molecule has 27 heavy (non-hydrogen) atoms. The zero-order valence-corrected chi connectivity index (χ0v) is 17.3. The summed E-state index contributed by atoms with van der Waals surface area (Å²) in [5.41, 5.74) is 4.39. The van der Waals surface area contributed by atoms with Gasteiger partial charge in [0.25, 0.3) is 5.91 Å². The summed E-state index contributed by atoms with van der Waals surface area (Å²) >= 11 is 3.43. The Morgan fingerprint density at radius 2 is 1.93 bits per heavy atom. The average molecular weight is 433 g/mol. The van der Waals surface area contributed by atoms with E-state index >= 15 is 0 Å². The number of rotatable bonds is 10. The van der Waals surface area contributed by atoms with Gasteiger partial charge in [-0.1, -0.05) is 36.2 Å². The molecule has 2 rings (SSSR count). The number of aryl methyl sites for hydroxylation is 1. The molecule has 144 valence electrons. The Labute approximate surface area is 168 Å². The second-order valence-corrected chi connectivity index (χ2v) is 6.87. The van der Waals surface area contributed by atoms with Crippen molar-refractivity contribution < 1.29 is 14.3 Å². The van der Waals surface area contributed by atoms with Crippen LogP contribution in [-0.2, 0) is 11.2 Å². The van der Waals surface area contributed by atoms with E-state index in [1.54, 1.807) is 6.21 Å². The predicted molar refractivity (Wildman–Crippen MR) is 112 cm³/mol. The maximum Gasteiger partial charge on any atom is 0.277 e. The number of ether oxygens (including phenoxy) is 2. The van der Waals surface area contributed by atoms with Gasteiger partial charge in [0.2, 0.25) is 0 Å². The van der Waals surface area contributed by atoms with Crippen molar-refractivity contribution in [1.29, 1.82) is 0 Å². The molecule has 0 radical (unpaired) electrons. The summed E-state index contributed by atoms with van der Waals surface area (Å²) in [4.78, 5) is 11.9. The number of nitrogens with zero attached hydrogens (tertiary/aromatic N) is 1. The molecule has 0 aromatic heterocycles. The van der Waals surface area contributed by atoms with E-state index in [0.29, 0.717) is 5.75 Å². The predicted octanol–water partition coefficient (Wildman–Crippen LogP) is 4.72. The summed E-state index contributed by atoms with van der Waals surface area (Å²) in [6.45, 7) is 4.80. The maximum absolute atomic E-state index is 11.9. The molecule has 0 saturated heterocycles. The number of hydrogen-bond acceptors (Lipinski definition) is 4. The highest BCUT2D eigenvalue weighted by Crippen LogP contribution is 2.23. The van der Waals surface area contributed by atoms with Gasteiger partial charge in [-0.25, -0.2) is 5.43 Å². The van der Waals surface area contributed by atoms with E-state index in [9.17, 15) is 4.79 Å². The van der Waals surface area contributed by atoms with Crippen molar-refractivity contribution >= 4 is 28.1 Å². The summed E-state index contributed by atoms with van der Waals surface area (Å²) in [5.74, 6) is 1.23. The lowest BCUT2D eigenvalue weighted by atomic mass is 10.1. The lowest BCUT2D eigenvalue weighted by molar-refractivity contribution is -0.123. The third-order valence-corrected chi connectivity index (χ3v) is 4.31. The molecule has 1 amide bonds. The van der Waals surface area contributed by atoms with Crippen LogP contribution in [0.1, 0.15) is 37.8 Å². The van der Waals surface area contributed by atoms with Crippen LogP contribution in [0.4, 0.5) is 0 Å². The Kier molecular flexibility index (Phi) is 8.84. The molecule has 5 nitrogen and oxygen atoms in total. The van der Waals surface area contributed by atoms with Gasteiger partial charge in [-0.2, -0.15) is 5.10 Å². The van der Waals surface area contributed by atoms with Crippen molar-refractivity contribution in [3.8, 4) is 11.5 Å². The Bertz CT molecular complexity index is 761. The van der Waals surface area contributed by atoms with Gasteiger partial charge in [-0.15, -0.1) is 0 Å². The maximum atomic E-state index is 11.9. The van der Waals surface area contributed by atoms with Crippen molar-refractivity contribution in [3.05, 3.63) is 58.1 Å². The molecule has 2 aromatic rings. The third kappa shape index (κ3) is 7.43. The monoisotopic (exact) mass is 432 g/mol. The van der Waals surface area contributed by atoms with Crippen LogP contribution in [0.5, 0.6) is 11.5 Å². The lowest BCUT2D eigenvalue weighted by Gasteiger charge is -2.10. The van der Waals surface area contributed by atoms with Crippen molar-refractivity contribution in [2.24, 2.45) is 5.10 Å². The highest BCUT2D eigenvalue weighted by atomic mass is 79.9. The van der Waals surface area contributed by atoms with Crippen LogP contribution in [0.25, 0.3) is 0 Å². The first-order valence-electron chi connectivity index (χ1n) is 9.08. The number of carbonyl (C=O) groups excluding carboxylic acids is 1. The smallest absolute Gasteiger partial charge is 0.277 e. The highest BCUT2D eigenvalue weighted by Gasteiger charge is 2.06.